The Morgan fingerprint density at radius 3 is 2.74 bits per heavy atom. The van der Waals surface area contributed by atoms with Gasteiger partial charge in [-0.15, -0.1) is 0 Å². The minimum atomic E-state index is -0.757. The van der Waals surface area contributed by atoms with Gasteiger partial charge in [-0.25, -0.2) is 9.79 Å². The van der Waals surface area contributed by atoms with E-state index in [2.05, 4.69) is 4.99 Å². The van der Waals surface area contributed by atoms with Crippen LogP contribution in [-0.4, -0.2) is 64.5 Å². The third-order valence-corrected chi connectivity index (χ3v) is 7.64. The largest absolute Gasteiger partial charge is 0.466 e. The van der Waals surface area contributed by atoms with Gasteiger partial charge in [0.1, 0.15) is 0 Å². The second-order valence-electron chi connectivity index (χ2n) is 9.06. The molecule has 1 amide bonds. The first-order valence-corrected chi connectivity index (χ1v) is 13.4. The molecule has 3 heterocycles. The summed E-state index contributed by atoms with van der Waals surface area (Å²) >= 11 is 1.33. The van der Waals surface area contributed by atoms with E-state index < -0.39 is 16.9 Å². The highest BCUT2D eigenvalue weighted by molar-refractivity contribution is 8.16. The van der Waals surface area contributed by atoms with E-state index in [1.807, 2.05) is 12.3 Å². The predicted molar refractivity (Wildman–Crippen MR) is 141 cm³/mol. The Balaban J connectivity index is 1.66. The Labute approximate surface area is 224 Å². The van der Waals surface area contributed by atoms with E-state index in [9.17, 15) is 24.5 Å². The summed E-state index contributed by atoms with van der Waals surface area (Å²) in [4.78, 5) is 57.8. The minimum absolute atomic E-state index is 0.0168. The molecule has 12 heteroatoms. The fraction of sp³-hybridized carbons (Fsp3) is 0.462. The van der Waals surface area contributed by atoms with E-state index in [-0.39, 0.29) is 35.5 Å². The minimum Gasteiger partial charge on any atom is -0.466 e. The lowest BCUT2D eigenvalue weighted by Gasteiger charge is -2.37. The van der Waals surface area contributed by atoms with Crippen molar-refractivity contribution in [2.45, 2.75) is 45.6 Å². The standard InChI is InChI=1S/C26H30N4O7S/c1-4-20-22(25(33)36-3)23(16-8-6-10-18(12-16)30(34)35)29-19(15-38-26(29)27-20)13-21(31)28-11-7-9-17(14-28)24(32)37-5-2/h6,8,10,12,15,17,23H,4-5,7,9,11,13-14H2,1-3H3/t17-,23-/m1/s1. The van der Waals surface area contributed by atoms with E-state index in [0.717, 1.165) is 0 Å². The van der Waals surface area contributed by atoms with Gasteiger partial charge in [0.05, 0.1) is 48.3 Å². The maximum atomic E-state index is 13.4. The number of hydrogen-bond donors (Lipinski definition) is 0. The van der Waals surface area contributed by atoms with Crippen molar-refractivity contribution >= 4 is 40.5 Å². The van der Waals surface area contributed by atoms with E-state index >= 15 is 0 Å². The number of allylic oxidation sites excluding steroid dienone is 1. The molecule has 0 unspecified atom stereocenters. The number of carbonyl (C=O) groups excluding carboxylic acids is 3. The van der Waals surface area contributed by atoms with Crippen LogP contribution in [0.15, 0.2) is 51.6 Å². The summed E-state index contributed by atoms with van der Waals surface area (Å²) in [6.07, 6.45) is 1.84. The highest BCUT2D eigenvalue weighted by atomic mass is 32.2. The lowest BCUT2D eigenvalue weighted by atomic mass is 9.92. The Morgan fingerprint density at radius 1 is 1.26 bits per heavy atom. The van der Waals surface area contributed by atoms with Gasteiger partial charge >= 0.3 is 11.9 Å². The molecule has 0 bridgehead atoms. The van der Waals surface area contributed by atoms with E-state index in [1.165, 1.54) is 31.0 Å². The van der Waals surface area contributed by atoms with Gasteiger partial charge in [0.25, 0.3) is 5.69 Å². The molecule has 1 aromatic carbocycles. The fourth-order valence-corrected chi connectivity index (χ4v) is 5.90. The van der Waals surface area contributed by atoms with E-state index in [4.69, 9.17) is 9.47 Å². The van der Waals surface area contributed by atoms with Crippen LogP contribution in [0.3, 0.4) is 0 Å². The SMILES string of the molecule is CCOC(=O)[C@@H]1CCCN(C(=O)CC2=CSC3=NC(CC)=C(C(=O)OC)[C@@H](c4cccc([N+](=O)[O-])c4)N23)C1. The molecule has 0 N–H and O–H groups in total. The molecule has 1 aromatic rings. The zero-order chi connectivity index (χ0) is 27.4. The molecule has 0 radical (unpaired) electrons. The van der Waals surface area contributed by atoms with Crippen LogP contribution in [0.5, 0.6) is 0 Å². The number of hydrogen-bond acceptors (Lipinski definition) is 10. The molecule has 11 nitrogen and oxygen atoms in total. The first-order valence-electron chi connectivity index (χ1n) is 12.5. The Kier molecular flexibility index (Phi) is 8.50. The van der Waals surface area contributed by atoms with E-state index in [1.54, 1.807) is 28.9 Å². The molecule has 3 aliphatic rings. The first-order chi connectivity index (χ1) is 18.3. The summed E-state index contributed by atoms with van der Waals surface area (Å²) in [7, 11) is 1.28. The Bertz CT molecular complexity index is 1240. The molecular formula is C26H30N4O7S. The molecule has 0 aliphatic carbocycles. The third-order valence-electron chi connectivity index (χ3n) is 6.75. The zero-order valence-electron chi connectivity index (χ0n) is 21.5. The van der Waals surface area contributed by atoms with Crippen LogP contribution in [0.25, 0.3) is 0 Å². The molecule has 2 atom stereocenters. The zero-order valence-corrected chi connectivity index (χ0v) is 22.4. The number of nitro benzene ring substituents is 1. The van der Waals surface area contributed by atoms with Crippen molar-refractivity contribution in [2.75, 3.05) is 26.8 Å². The quantitative estimate of drug-likeness (QED) is 0.272. The number of nitrogens with zero attached hydrogens (tertiary/aromatic N) is 4. The summed E-state index contributed by atoms with van der Waals surface area (Å²) < 4.78 is 10.2. The summed E-state index contributed by atoms with van der Waals surface area (Å²) in [5.41, 5.74) is 1.83. The maximum Gasteiger partial charge on any atom is 0.338 e. The lowest BCUT2D eigenvalue weighted by Crippen LogP contribution is -2.44. The van der Waals surface area contributed by atoms with Crippen molar-refractivity contribution in [1.82, 2.24) is 9.80 Å². The molecule has 202 valence electrons. The molecule has 38 heavy (non-hydrogen) atoms. The third kappa shape index (κ3) is 5.45. The molecule has 1 saturated heterocycles. The number of aliphatic imine (C=N–C) groups is 1. The number of nitro groups is 1. The highest BCUT2D eigenvalue weighted by Crippen LogP contribution is 2.46. The monoisotopic (exact) mass is 542 g/mol. The van der Waals surface area contributed by atoms with Crippen molar-refractivity contribution in [2.24, 2.45) is 10.9 Å². The van der Waals surface area contributed by atoms with Crippen LogP contribution >= 0.6 is 11.8 Å². The maximum absolute atomic E-state index is 13.4. The number of esters is 2. The number of non-ortho nitro benzene ring substituents is 1. The van der Waals surface area contributed by atoms with Crippen LogP contribution < -0.4 is 0 Å². The van der Waals surface area contributed by atoms with Crippen molar-refractivity contribution in [3.63, 3.8) is 0 Å². The molecule has 0 aromatic heterocycles. The number of fused-ring (bicyclic) bond motifs is 1. The molecule has 4 rings (SSSR count). The van der Waals surface area contributed by atoms with Gasteiger partial charge in [0.15, 0.2) is 5.17 Å². The normalized spacial score (nSPS) is 20.9. The molecule has 1 fully saturated rings. The summed E-state index contributed by atoms with van der Waals surface area (Å²) in [6.45, 7) is 4.75. The van der Waals surface area contributed by atoms with Gasteiger partial charge in [-0.2, -0.15) is 0 Å². The van der Waals surface area contributed by atoms with Gasteiger partial charge in [0, 0.05) is 30.9 Å². The lowest BCUT2D eigenvalue weighted by molar-refractivity contribution is -0.384. The van der Waals surface area contributed by atoms with E-state index in [0.29, 0.717) is 61.1 Å². The number of piperidine rings is 1. The predicted octanol–water partition coefficient (Wildman–Crippen LogP) is 3.92. The molecule has 0 saturated carbocycles. The number of methoxy groups -OCH3 is 1. The summed E-state index contributed by atoms with van der Waals surface area (Å²) in [5.74, 6) is -1.39. The van der Waals surface area contributed by atoms with Gasteiger partial charge in [-0.1, -0.05) is 30.8 Å². The average molecular weight is 543 g/mol. The van der Waals surface area contributed by atoms with Gasteiger partial charge < -0.3 is 19.3 Å². The number of carbonyl (C=O) groups is 3. The number of rotatable bonds is 8. The number of thioether (sulfide) groups is 1. The van der Waals surface area contributed by atoms with Crippen molar-refractivity contribution in [3.8, 4) is 0 Å². The second kappa shape index (κ2) is 11.8. The highest BCUT2D eigenvalue weighted by Gasteiger charge is 2.42. The van der Waals surface area contributed by atoms with Crippen molar-refractivity contribution in [3.05, 3.63) is 62.3 Å². The molecule has 0 spiro atoms. The van der Waals surface area contributed by atoms with Gasteiger partial charge in [0.2, 0.25) is 5.91 Å². The van der Waals surface area contributed by atoms with Crippen LogP contribution in [-0.2, 0) is 23.9 Å². The number of benzene rings is 1. The smallest absolute Gasteiger partial charge is 0.338 e. The summed E-state index contributed by atoms with van der Waals surface area (Å²) in [5, 5.41) is 13.9. The van der Waals surface area contributed by atoms with Crippen LogP contribution in [0, 0.1) is 16.0 Å². The summed E-state index contributed by atoms with van der Waals surface area (Å²) in [6, 6.07) is 5.35. The Hall–Kier alpha value is -3.67. The van der Waals surface area contributed by atoms with Gasteiger partial charge in [-0.05, 0) is 37.2 Å². The number of amides is 1. The second-order valence-corrected chi connectivity index (χ2v) is 9.90. The number of amidine groups is 1. The van der Waals surface area contributed by atoms with Crippen LogP contribution in [0.1, 0.15) is 51.1 Å². The fourth-order valence-electron chi connectivity index (χ4n) is 4.96. The molecular weight excluding hydrogens is 512 g/mol. The number of ether oxygens (including phenoxy) is 2. The first kappa shape index (κ1) is 27.4. The average Bonchev–Trinajstić information content (AvgIpc) is 3.33. The number of likely N-dealkylation sites (tertiary alicyclic amines) is 1. The van der Waals surface area contributed by atoms with Crippen molar-refractivity contribution < 1.29 is 28.8 Å². The molecule has 3 aliphatic heterocycles. The topological polar surface area (TPSA) is 132 Å². The van der Waals surface area contributed by atoms with Gasteiger partial charge in [-0.3, -0.25) is 19.7 Å². The Morgan fingerprint density at radius 2 is 2.05 bits per heavy atom. The van der Waals surface area contributed by atoms with Crippen LogP contribution in [0.4, 0.5) is 5.69 Å². The van der Waals surface area contributed by atoms with Crippen LogP contribution in [0.2, 0.25) is 0 Å². The van der Waals surface area contributed by atoms with Crippen molar-refractivity contribution in [1.29, 1.82) is 0 Å².